The fourth-order valence-electron chi connectivity index (χ4n) is 1.75. The fourth-order valence-corrected chi connectivity index (χ4v) is 2.19. The van der Waals surface area contributed by atoms with Crippen LogP contribution in [0.25, 0.3) is 11.0 Å². The molecule has 2 heterocycles. The Morgan fingerprint density at radius 3 is 2.83 bits per heavy atom. The van der Waals surface area contributed by atoms with Gasteiger partial charge >= 0.3 is 112 Å². The number of ether oxygens (including phenoxy) is 1. The monoisotopic (exact) mass is 313 g/mol. The SMILES string of the molecule is CCOCn1c(N)c(C(=N)[Se])c2c(N)ncnc21. The maximum atomic E-state index is 7.74. The predicted octanol–water partition coefficient (Wildman–Crippen LogP) is 0.0836. The molecule has 0 aliphatic carbocycles. The van der Waals surface area contributed by atoms with Gasteiger partial charge in [-0.1, -0.05) is 0 Å². The van der Waals surface area contributed by atoms with E-state index >= 15 is 0 Å². The molecular weight excluding hydrogens is 299 g/mol. The van der Waals surface area contributed by atoms with Gasteiger partial charge in [0.2, 0.25) is 0 Å². The van der Waals surface area contributed by atoms with Gasteiger partial charge in [0, 0.05) is 0 Å². The fraction of sp³-hybridized carbons (Fsp3) is 0.300. The van der Waals surface area contributed by atoms with Crippen LogP contribution in [0.3, 0.4) is 0 Å². The zero-order valence-corrected chi connectivity index (χ0v) is 11.5. The first kappa shape index (κ1) is 12.8. The van der Waals surface area contributed by atoms with Crippen LogP contribution in [0.4, 0.5) is 11.6 Å². The molecule has 0 aromatic carbocycles. The number of anilines is 2. The van der Waals surface area contributed by atoms with Crippen molar-refractivity contribution in [3.8, 4) is 0 Å². The van der Waals surface area contributed by atoms with Crippen molar-refractivity contribution >= 4 is 43.3 Å². The van der Waals surface area contributed by atoms with Gasteiger partial charge in [-0.3, -0.25) is 0 Å². The first-order chi connectivity index (χ1) is 8.57. The summed E-state index contributed by atoms with van der Waals surface area (Å²) in [5, 5.41) is 8.33. The van der Waals surface area contributed by atoms with Gasteiger partial charge in [-0.05, 0) is 0 Å². The Labute approximate surface area is 112 Å². The summed E-state index contributed by atoms with van der Waals surface area (Å²) in [6.07, 6.45) is 1.37. The second-order valence-electron chi connectivity index (χ2n) is 3.60. The van der Waals surface area contributed by atoms with Crippen LogP contribution < -0.4 is 11.5 Å². The third-order valence-electron chi connectivity index (χ3n) is 2.56. The zero-order chi connectivity index (χ0) is 13.3. The number of nitrogens with two attached hydrogens (primary N) is 2. The molecule has 0 atom stereocenters. The number of nitrogens with one attached hydrogen (secondary N) is 1. The molecule has 2 aromatic rings. The Morgan fingerprint density at radius 2 is 2.22 bits per heavy atom. The summed E-state index contributed by atoms with van der Waals surface area (Å²) in [4.78, 5) is 8.09. The van der Waals surface area contributed by atoms with E-state index in [1.165, 1.54) is 6.33 Å². The van der Waals surface area contributed by atoms with Crippen molar-refractivity contribution in [1.82, 2.24) is 14.5 Å². The third kappa shape index (κ3) is 1.94. The Balaban J connectivity index is 2.75. The van der Waals surface area contributed by atoms with Crippen LogP contribution in [-0.4, -0.2) is 41.8 Å². The van der Waals surface area contributed by atoms with Crippen LogP contribution in [0.2, 0.25) is 0 Å². The molecule has 0 saturated carbocycles. The van der Waals surface area contributed by atoms with Gasteiger partial charge in [0.05, 0.1) is 0 Å². The van der Waals surface area contributed by atoms with E-state index in [0.29, 0.717) is 34.8 Å². The van der Waals surface area contributed by atoms with Gasteiger partial charge in [-0.15, -0.1) is 0 Å². The second-order valence-corrected chi connectivity index (χ2v) is 4.45. The van der Waals surface area contributed by atoms with E-state index in [2.05, 4.69) is 26.0 Å². The van der Waals surface area contributed by atoms with Crippen molar-refractivity contribution in [2.75, 3.05) is 18.1 Å². The molecule has 18 heavy (non-hydrogen) atoms. The van der Waals surface area contributed by atoms with Crippen LogP contribution in [-0.2, 0) is 11.5 Å². The molecule has 1 radical (unpaired) electrons. The van der Waals surface area contributed by atoms with E-state index in [4.69, 9.17) is 21.6 Å². The molecular formula is C10H13N6OSe. The predicted molar refractivity (Wildman–Crippen MR) is 70.6 cm³/mol. The molecule has 0 bridgehead atoms. The van der Waals surface area contributed by atoms with E-state index in [1.807, 2.05) is 6.92 Å². The van der Waals surface area contributed by atoms with Crippen LogP contribution in [0.1, 0.15) is 12.5 Å². The van der Waals surface area contributed by atoms with E-state index in [1.54, 1.807) is 4.57 Å². The van der Waals surface area contributed by atoms with Crippen molar-refractivity contribution in [1.29, 1.82) is 5.41 Å². The summed E-state index contributed by atoms with van der Waals surface area (Å²) in [6, 6.07) is 0. The van der Waals surface area contributed by atoms with Crippen molar-refractivity contribution in [2.24, 2.45) is 0 Å². The molecule has 0 amide bonds. The summed E-state index contributed by atoms with van der Waals surface area (Å²) >= 11 is 2.62. The Bertz CT molecular complexity index is 608. The van der Waals surface area contributed by atoms with Gasteiger partial charge in [0.25, 0.3) is 0 Å². The summed E-state index contributed by atoms with van der Waals surface area (Å²) < 4.78 is 7.22. The van der Waals surface area contributed by atoms with E-state index in [-0.39, 0.29) is 11.3 Å². The van der Waals surface area contributed by atoms with Crippen molar-refractivity contribution < 1.29 is 4.74 Å². The Kier molecular flexibility index (Phi) is 3.51. The number of fused-ring (bicyclic) bond motifs is 1. The molecule has 95 valence electrons. The minimum atomic E-state index is 0.203. The molecule has 0 fully saturated rings. The van der Waals surface area contributed by atoms with E-state index in [0.717, 1.165) is 0 Å². The number of hydrogen-bond acceptors (Lipinski definition) is 6. The first-order valence-corrected chi connectivity index (χ1v) is 6.15. The second kappa shape index (κ2) is 4.93. The number of nitrogens with zero attached hydrogens (tertiary/aromatic N) is 3. The van der Waals surface area contributed by atoms with Crippen LogP contribution in [0.15, 0.2) is 6.33 Å². The van der Waals surface area contributed by atoms with Crippen molar-refractivity contribution in [3.05, 3.63) is 11.9 Å². The molecule has 7 nitrogen and oxygen atoms in total. The van der Waals surface area contributed by atoms with Crippen LogP contribution in [0.5, 0.6) is 0 Å². The van der Waals surface area contributed by atoms with E-state index < -0.39 is 0 Å². The molecule has 5 N–H and O–H groups in total. The number of hydrogen-bond donors (Lipinski definition) is 3. The van der Waals surface area contributed by atoms with Gasteiger partial charge in [0.1, 0.15) is 0 Å². The molecule has 0 saturated heterocycles. The Morgan fingerprint density at radius 1 is 1.50 bits per heavy atom. The van der Waals surface area contributed by atoms with Crippen molar-refractivity contribution in [3.63, 3.8) is 0 Å². The molecule has 0 unspecified atom stereocenters. The molecule has 8 heteroatoms. The molecule has 2 rings (SSSR count). The summed E-state index contributed by atoms with van der Waals surface area (Å²) in [5.41, 5.74) is 12.9. The van der Waals surface area contributed by atoms with Gasteiger partial charge in [-0.25, -0.2) is 0 Å². The minimum absolute atomic E-state index is 0.203. The molecule has 0 aliphatic rings. The van der Waals surface area contributed by atoms with Gasteiger partial charge in [-0.2, -0.15) is 0 Å². The zero-order valence-electron chi connectivity index (χ0n) is 9.80. The summed E-state index contributed by atoms with van der Waals surface area (Å²) in [6.45, 7) is 2.72. The van der Waals surface area contributed by atoms with Crippen LogP contribution >= 0.6 is 0 Å². The number of nitrogen functional groups attached to an aromatic ring is 2. The first-order valence-electron chi connectivity index (χ1n) is 5.29. The summed E-state index contributed by atoms with van der Waals surface area (Å²) in [5.74, 6) is 0.700. The van der Waals surface area contributed by atoms with Gasteiger partial charge in [0.15, 0.2) is 0 Å². The number of aromatic nitrogens is 3. The van der Waals surface area contributed by atoms with Gasteiger partial charge < -0.3 is 0 Å². The standard InChI is InChI=1S/C10H13N6OSe/c1-2-17-4-16-8(12)6(9(13)18)5-7(11)14-3-15-10(5)16/h3,13H,2,4,12H2,1H3,(H2,11,14,15). The quantitative estimate of drug-likeness (QED) is 0.546. The maximum absolute atomic E-state index is 7.74. The molecule has 0 spiro atoms. The topological polar surface area (TPSA) is 116 Å². The molecule has 0 aliphatic heterocycles. The van der Waals surface area contributed by atoms with Crippen molar-refractivity contribution in [2.45, 2.75) is 13.7 Å². The molecule has 2 aromatic heterocycles. The third-order valence-corrected chi connectivity index (χ3v) is 2.99. The average molecular weight is 312 g/mol. The number of rotatable bonds is 4. The summed E-state index contributed by atoms with van der Waals surface area (Å²) in [7, 11) is 0. The van der Waals surface area contributed by atoms with Crippen LogP contribution in [0, 0.1) is 5.41 Å². The Hall–Kier alpha value is -1.63. The van der Waals surface area contributed by atoms with E-state index in [9.17, 15) is 0 Å². The normalized spacial score (nSPS) is 10.9. The average Bonchev–Trinajstić information content (AvgIpc) is 2.60.